The maximum Gasteiger partial charge on any atom is 0.124 e. The van der Waals surface area contributed by atoms with E-state index < -0.39 is 0 Å². The highest BCUT2D eigenvalue weighted by molar-refractivity contribution is 9.10. The lowest BCUT2D eigenvalue weighted by Gasteiger charge is -2.18. The van der Waals surface area contributed by atoms with Crippen LogP contribution in [0.3, 0.4) is 0 Å². The van der Waals surface area contributed by atoms with Crippen LogP contribution in [0.25, 0.3) is 0 Å². The van der Waals surface area contributed by atoms with Crippen LogP contribution in [0.4, 0.5) is 10.1 Å². The fraction of sp³-hybridized carbons (Fsp3) is 0.0667. The predicted molar refractivity (Wildman–Crippen MR) is 93.2 cm³/mol. The Bertz CT molecular complexity index is 742. The summed E-state index contributed by atoms with van der Waals surface area (Å²) in [6.45, 7) is 0. The average molecular weight is 403 g/mol. The molecule has 0 aliphatic heterocycles. The molecule has 0 saturated heterocycles. The van der Waals surface area contributed by atoms with Gasteiger partial charge in [0.05, 0.1) is 10.4 Å². The minimum absolute atomic E-state index is 0.00395. The molecule has 2 heterocycles. The summed E-state index contributed by atoms with van der Waals surface area (Å²) in [5.41, 5.74) is 0.847. The third-order valence-corrected chi connectivity index (χ3v) is 5.83. The number of halogens is 3. The lowest BCUT2D eigenvalue weighted by atomic mass is 10.2. The molecule has 1 aromatic carbocycles. The topological polar surface area (TPSA) is 12.0 Å². The standard InChI is InChI=1S/C15H10BrClFNS2/c16-10-8-9(18)3-4-11(10)19-15(12-2-1-7-20-12)13-5-6-14(17)21-13/h1-8,15,19H. The van der Waals surface area contributed by atoms with Crippen molar-refractivity contribution in [1.29, 1.82) is 0 Å². The van der Waals surface area contributed by atoms with E-state index in [1.807, 2.05) is 23.6 Å². The zero-order chi connectivity index (χ0) is 14.8. The van der Waals surface area contributed by atoms with Gasteiger partial charge in [0, 0.05) is 19.9 Å². The lowest BCUT2D eigenvalue weighted by Crippen LogP contribution is -2.10. The van der Waals surface area contributed by atoms with Gasteiger partial charge in [0.2, 0.25) is 0 Å². The van der Waals surface area contributed by atoms with E-state index >= 15 is 0 Å². The molecular formula is C15H10BrClFNS2. The van der Waals surface area contributed by atoms with Crippen molar-refractivity contribution in [2.45, 2.75) is 6.04 Å². The third-order valence-electron chi connectivity index (χ3n) is 2.94. The molecule has 0 aliphatic carbocycles. The molecule has 0 radical (unpaired) electrons. The van der Waals surface area contributed by atoms with Crippen molar-refractivity contribution in [3.05, 3.63) is 72.2 Å². The third kappa shape index (κ3) is 3.48. The van der Waals surface area contributed by atoms with Crippen LogP contribution in [0.2, 0.25) is 4.34 Å². The van der Waals surface area contributed by atoms with E-state index in [1.165, 1.54) is 17.0 Å². The maximum atomic E-state index is 13.2. The number of thiophene rings is 2. The first-order valence-electron chi connectivity index (χ1n) is 6.14. The van der Waals surface area contributed by atoms with Gasteiger partial charge >= 0.3 is 0 Å². The summed E-state index contributed by atoms with van der Waals surface area (Å²) in [5.74, 6) is -0.265. The van der Waals surface area contributed by atoms with Crippen LogP contribution in [-0.4, -0.2) is 0 Å². The second kappa shape index (κ2) is 6.48. The monoisotopic (exact) mass is 401 g/mol. The van der Waals surface area contributed by atoms with E-state index in [4.69, 9.17) is 11.6 Å². The Labute approximate surface area is 143 Å². The van der Waals surface area contributed by atoms with Gasteiger partial charge in [-0.3, -0.25) is 0 Å². The highest BCUT2D eigenvalue weighted by Gasteiger charge is 2.18. The first-order valence-corrected chi connectivity index (χ1v) is 9.00. The summed E-state index contributed by atoms with van der Waals surface area (Å²) in [4.78, 5) is 2.31. The minimum Gasteiger partial charge on any atom is -0.372 e. The quantitative estimate of drug-likeness (QED) is 0.520. The largest absolute Gasteiger partial charge is 0.372 e. The Morgan fingerprint density at radius 3 is 2.62 bits per heavy atom. The maximum absolute atomic E-state index is 13.2. The van der Waals surface area contributed by atoms with Crippen LogP contribution in [0.1, 0.15) is 15.8 Å². The fourth-order valence-corrected chi connectivity index (χ4v) is 4.45. The van der Waals surface area contributed by atoms with E-state index in [9.17, 15) is 4.39 Å². The summed E-state index contributed by atoms with van der Waals surface area (Å²) in [7, 11) is 0. The Kier molecular flexibility index (Phi) is 4.64. The molecule has 6 heteroatoms. The molecule has 0 amide bonds. The van der Waals surface area contributed by atoms with Crippen molar-refractivity contribution in [3.8, 4) is 0 Å². The summed E-state index contributed by atoms with van der Waals surface area (Å²) >= 11 is 12.7. The molecule has 3 aromatic rings. The van der Waals surface area contributed by atoms with Crippen molar-refractivity contribution in [3.63, 3.8) is 0 Å². The van der Waals surface area contributed by atoms with Gasteiger partial charge in [-0.05, 0) is 57.7 Å². The summed E-state index contributed by atoms with van der Waals surface area (Å²) < 4.78 is 14.7. The smallest absolute Gasteiger partial charge is 0.124 e. The number of benzene rings is 1. The van der Waals surface area contributed by atoms with Crippen molar-refractivity contribution in [1.82, 2.24) is 0 Å². The van der Waals surface area contributed by atoms with Gasteiger partial charge in [-0.2, -0.15) is 0 Å². The van der Waals surface area contributed by atoms with Crippen LogP contribution in [-0.2, 0) is 0 Å². The lowest BCUT2D eigenvalue weighted by molar-refractivity contribution is 0.627. The van der Waals surface area contributed by atoms with Crippen molar-refractivity contribution >= 4 is 55.9 Å². The van der Waals surface area contributed by atoms with E-state index in [0.29, 0.717) is 4.47 Å². The first-order chi connectivity index (χ1) is 10.1. The molecule has 0 fully saturated rings. The fourth-order valence-electron chi connectivity index (χ4n) is 1.98. The first kappa shape index (κ1) is 15.0. The number of nitrogens with one attached hydrogen (secondary N) is 1. The van der Waals surface area contributed by atoms with E-state index in [-0.39, 0.29) is 11.9 Å². The SMILES string of the molecule is Fc1ccc(NC(c2cccs2)c2ccc(Cl)s2)c(Br)c1. The predicted octanol–water partition coefficient (Wildman–Crippen LogP) is 6.57. The number of anilines is 1. The minimum atomic E-state index is -0.265. The molecule has 0 aliphatic rings. The van der Waals surface area contributed by atoms with Crippen molar-refractivity contribution in [2.24, 2.45) is 0 Å². The zero-order valence-electron chi connectivity index (χ0n) is 10.6. The molecule has 1 nitrogen and oxygen atoms in total. The van der Waals surface area contributed by atoms with Gasteiger partial charge in [-0.15, -0.1) is 22.7 Å². The van der Waals surface area contributed by atoms with E-state index in [0.717, 1.165) is 14.9 Å². The van der Waals surface area contributed by atoms with Crippen LogP contribution >= 0.6 is 50.2 Å². The zero-order valence-corrected chi connectivity index (χ0v) is 14.6. The Balaban J connectivity index is 1.96. The highest BCUT2D eigenvalue weighted by atomic mass is 79.9. The average Bonchev–Trinajstić information content (AvgIpc) is 3.09. The number of hydrogen-bond acceptors (Lipinski definition) is 3. The molecule has 0 saturated carbocycles. The Hall–Kier alpha value is -0.880. The van der Waals surface area contributed by atoms with E-state index in [1.54, 1.807) is 28.7 Å². The van der Waals surface area contributed by atoms with Crippen molar-refractivity contribution < 1.29 is 4.39 Å². The van der Waals surface area contributed by atoms with Crippen LogP contribution in [0.15, 0.2) is 52.3 Å². The summed E-state index contributed by atoms with van der Waals surface area (Å²) in [6, 6.07) is 12.6. The molecule has 1 unspecified atom stereocenters. The molecule has 2 aromatic heterocycles. The van der Waals surface area contributed by atoms with E-state index in [2.05, 4.69) is 27.3 Å². The van der Waals surface area contributed by atoms with Gasteiger partial charge in [-0.25, -0.2) is 4.39 Å². The van der Waals surface area contributed by atoms with Gasteiger partial charge < -0.3 is 5.32 Å². The summed E-state index contributed by atoms with van der Waals surface area (Å²) in [6.07, 6.45) is 0. The second-order valence-corrected chi connectivity index (χ2v) is 7.94. The highest BCUT2D eigenvalue weighted by Crippen LogP contribution is 2.37. The molecule has 21 heavy (non-hydrogen) atoms. The Morgan fingerprint density at radius 1 is 1.14 bits per heavy atom. The molecule has 0 bridgehead atoms. The van der Waals surface area contributed by atoms with Crippen LogP contribution < -0.4 is 5.32 Å². The molecule has 108 valence electrons. The molecular weight excluding hydrogens is 393 g/mol. The molecule has 3 rings (SSSR count). The van der Waals surface area contributed by atoms with Gasteiger partial charge in [-0.1, -0.05) is 17.7 Å². The van der Waals surface area contributed by atoms with Crippen LogP contribution in [0, 0.1) is 5.82 Å². The van der Waals surface area contributed by atoms with Gasteiger partial charge in [0.15, 0.2) is 0 Å². The summed E-state index contributed by atoms with van der Waals surface area (Å²) in [5, 5.41) is 5.50. The number of rotatable bonds is 4. The van der Waals surface area contributed by atoms with Gasteiger partial charge in [0.25, 0.3) is 0 Å². The molecule has 1 N–H and O–H groups in total. The van der Waals surface area contributed by atoms with Gasteiger partial charge in [0.1, 0.15) is 5.82 Å². The van der Waals surface area contributed by atoms with Crippen LogP contribution in [0.5, 0.6) is 0 Å². The molecule has 1 atom stereocenters. The van der Waals surface area contributed by atoms with Crippen molar-refractivity contribution in [2.75, 3.05) is 5.32 Å². The normalized spacial score (nSPS) is 12.3. The molecule has 0 spiro atoms. The number of hydrogen-bond donors (Lipinski definition) is 1. The second-order valence-electron chi connectivity index (χ2n) is 4.36. The Morgan fingerprint density at radius 2 is 2.00 bits per heavy atom.